The van der Waals surface area contributed by atoms with Crippen LogP contribution in [0.3, 0.4) is 0 Å². The molecule has 1 heterocycles. The highest BCUT2D eigenvalue weighted by atomic mass is 79.9. The Hall–Kier alpha value is -0.940. The maximum Gasteiger partial charge on any atom is 0.242 e. The van der Waals surface area contributed by atoms with E-state index >= 15 is 0 Å². The maximum atomic E-state index is 11.5. The molecule has 0 spiro atoms. The highest BCUT2D eigenvalue weighted by Crippen LogP contribution is 2.18. The van der Waals surface area contributed by atoms with E-state index in [1.165, 1.54) is 0 Å². The molecule has 0 aliphatic rings. The molecule has 1 aromatic rings. The Morgan fingerprint density at radius 3 is 2.93 bits per heavy atom. The monoisotopic (exact) mass is 257 g/mol. The molecule has 0 aliphatic carbocycles. The highest BCUT2D eigenvalue weighted by molar-refractivity contribution is 9.10. The summed E-state index contributed by atoms with van der Waals surface area (Å²) in [5.41, 5.74) is 0. The third kappa shape index (κ3) is 2.78. The Balaban J connectivity index is 2.70. The van der Waals surface area contributed by atoms with Crippen molar-refractivity contribution in [2.24, 2.45) is 0 Å². The van der Waals surface area contributed by atoms with Crippen LogP contribution in [0, 0.1) is 0 Å². The molecule has 0 fully saturated rings. The minimum absolute atomic E-state index is 0.105. The minimum Gasteiger partial charge on any atom is -0.309 e. The quantitative estimate of drug-likeness (QED) is 0.861. The van der Waals surface area contributed by atoms with E-state index in [0.29, 0.717) is 5.82 Å². The van der Waals surface area contributed by atoms with Gasteiger partial charge in [0.2, 0.25) is 5.91 Å². The summed E-state index contributed by atoms with van der Waals surface area (Å²) in [4.78, 5) is 15.5. The van der Waals surface area contributed by atoms with Crippen molar-refractivity contribution >= 4 is 27.7 Å². The van der Waals surface area contributed by atoms with Gasteiger partial charge in [0.15, 0.2) is 0 Å². The Morgan fingerprint density at radius 2 is 2.36 bits per heavy atom. The number of nitrogens with zero attached hydrogens (tertiary/aromatic N) is 1. The maximum absolute atomic E-state index is 11.5. The van der Waals surface area contributed by atoms with Crippen molar-refractivity contribution in [1.82, 2.24) is 10.3 Å². The van der Waals surface area contributed by atoms with Crippen molar-refractivity contribution in [1.29, 1.82) is 0 Å². The minimum atomic E-state index is -0.232. The summed E-state index contributed by atoms with van der Waals surface area (Å²) < 4.78 is 0.775. The van der Waals surface area contributed by atoms with Crippen molar-refractivity contribution in [2.45, 2.75) is 13.0 Å². The molecule has 1 atom stereocenters. The van der Waals surface area contributed by atoms with Gasteiger partial charge in [0.25, 0.3) is 0 Å². The Bertz CT molecular complexity index is 330. The standard InChI is InChI=1S/C9H12BrN3O/c1-6(11-2)9(14)13-8-7(10)4-3-5-12-8/h3-6,11H,1-2H3,(H,12,13,14)/t6-/m0/s1. The number of carbonyl (C=O) groups is 1. The zero-order valence-corrected chi connectivity index (χ0v) is 9.63. The number of halogens is 1. The summed E-state index contributed by atoms with van der Waals surface area (Å²) in [7, 11) is 1.73. The van der Waals surface area contributed by atoms with Crippen molar-refractivity contribution in [3.63, 3.8) is 0 Å². The summed E-state index contributed by atoms with van der Waals surface area (Å²) in [5, 5.41) is 5.55. The van der Waals surface area contributed by atoms with Crippen LogP contribution >= 0.6 is 15.9 Å². The van der Waals surface area contributed by atoms with Crippen LogP contribution in [-0.2, 0) is 4.79 Å². The van der Waals surface area contributed by atoms with Crippen LogP contribution in [0.1, 0.15) is 6.92 Å². The second-order valence-corrected chi connectivity index (χ2v) is 3.69. The number of amides is 1. The van der Waals surface area contributed by atoms with E-state index in [1.807, 2.05) is 6.07 Å². The number of anilines is 1. The number of pyridine rings is 1. The Morgan fingerprint density at radius 1 is 1.64 bits per heavy atom. The lowest BCUT2D eigenvalue weighted by Crippen LogP contribution is -2.35. The molecule has 0 radical (unpaired) electrons. The lowest BCUT2D eigenvalue weighted by Gasteiger charge is -2.10. The molecule has 76 valence electrons. The van der Waals surface area contributed by atoms with E-state index < -0.39 is 0 Å². The van der Waals surface area contributed by atoms with Crippen molar-refractivity contribution in [2.75, 3.05) is 12.4 Å². The van der Waals surface area contributed by atoms with Gasteiger partial charge in [-0.15, -0.1) is 0 Å². The number of hydrogen-bond acceptors (Lipinski definition) is 3. The molecule has 1 aromatic heterocycles. The van der Waals surface area contributed by atoms with Crippen molar-refractivity contribution in [3.05, 3.63) is 22.8 Å². The van der Waals surface area contributed by atoms with Crippen molar-refractivity contribution in [3.8, 4) is 0 Å². The molecular formula is C9H12BrN3O. The molecule has 0 aliphatic heterocycles. The zero-order chi connectivity index (χ0) is 10.6. The van der Waals surface area contributed by atoms with E-state index in [-0.39, 0.29) is 11.9 Å². The molecule has 14 heavy (non-hydrogen) atoms. The van der Waals surface area contributed by atoms with Gasteiger partial charge in [-0.25, -0.2) is 4.98 Å². The van der Waals surface area contributed by atoms with Gasteiger partial charge in [0, 0.05) is 6.20 Å². The number of aromatic nitrogens is 1. The number of carbonyl (C=O) groups excluding carboxylic acids is 1. The zero-order valence-electron chi connectivity index (χ0n) is 8.04. The molecule has 0 aromatic carbocycles. The van der Waals surface area contributed by atoms with E-state index in [2.05, 4.69) is 31.5 Å². The second-order valence-electron chi connectivity index (χ2n) is 2.83. The topological polar surface area (TPSA) is 54.0 Å². The predicted octanol–water partition coefficient (Wildman–Crippen LogP) is 1.39. The summed E-state index contributed by atoms with van der Waals surface area (Å²) in [6.07, 6.45) is 1.63. The number of likely N-dealkylation sites (N-methyl/N-ethyl adjacent to an activating group) is 1. The SMILES string of the molecule is CN[C@@H](C)C(=O)Nc1ncccc1Br. The van der Waals surface area contributed by atoms with Gasteiger partial charge < -0.3 is 10.6 Å². The fourth-order valence-corrected chi connectivity index (χ4v) is 1.19. The molecule has 5 heteroatoms. The first kappa shape index (κ1) is 11.1. The van der Waals surface area contributed by atoms with E-state index in [4.69, 9.17) is 0 Å². The summed E-state index contributed by atoms with van der Waals surface area (Å²) in [6, 6.07) is 3.39. The first-order valence-electron chi connectivity index (χ1n) is 4.23. The van der Waals surface area contributed by atoms with Crippen molar-refractivity contribution < 1.29 is 4.79 Å². The predicted molar refractivity (Wildman–Crippen MR) is 59.1 cm³/mol. The largest absolute Gasteiger partial charge is 0.309 e. The van der Waals surface area contributed by atoms with Crippen LogP contribution in [0.15, 0.2) is 22.8 Å². The van der Waals surface area contributed by atoms with Gasteiger partial charge in [-0.05, 0) is 42.0 Å². The smallest absolute Gasteiger partial charge is 0.242 e. The third-order valence-electron chi connectivity index (χ3n) is 1.83. The second kappa shape index (κ2) is 5.07. The van der Waals surface area contributed by atoms with E-state index in [9.17, 15) is 4.79 Å². The van der Waals surface area contributed by atoms with E-state index in [1.54, 1.807) is 26.2 Å². The lowest BCUT2D eigenvalue weighted by atomic mass is 10.3. The number of nitrogens with one attached hydrogen (secondary N) is 2. The van der Waals surface area contributed by atoms with Gasteiger partial charge in [-0.3, -0.25) is 4.79 Å². The van der Waals surface area contributed by atoms with Crippen LogP contribution in [-0.4, -0.2) is 24.0 Å². The Labute approximate surface area is 91.2 Å². The molecule has 0 bridgehead atoms. The van der Waals surface area contributed by atoms with Gasteiger partial charge in [-0.1, -0.05) is 0 Å². The van der Waals surface area contributed by atoms with Crippen LogP contribution in [0.2, 0.25) is 0 Å². The van der Waals surface area contributed by atoms with Crippen LogP contribution in [0.25, 0.3) is 0 Å². The molecule has 1 rings (SSSR count). The Kier molecular flexibility index (Phi) is 4.03. The van der Waals surface area contributed by atoms with Crippen LogP contribution in [0.5, 0.6) is 0 Å². The van der Waals surface area contributed by atoms with Crippen LogP contribution < -0.4 is 10.6 Å². The molecule has 2 N–H and O–H groups in total. The average molecular weight is 258 g/mol. The molecule has 0 unspecified atom stereocenters. The molecular weight excluding hydrogens is 246 g/mol. The molecule has 4 nitrogen and oxygen atoms in total. The fourth-order valence-electron chi connectivity index (χ4n) is 0.834. The summed E-state index contributed by atoms with van der Waals surface area (Å²) in [6.45, 7) is 1.78. The molecule has 1 amide bonds. The van der Waals surface area contributed by atoms with E-state index in [0.717, 1.165) is 4.47 Å². The molecule has 0 saturated heterocycles. The third-order valence-corrected chi connectivity index (χ3v) is 2.47. The first-order valence-corrected chi connectivity index (χ1v) is 5.03. The highest BCUT2D eigenvalue weighted by Gasteiger charge is 2.11. The number of rotatable bonds is 3. The number of hydrogen-bond donors (Lipinski definition) is 2. The van der Waals surface area contributed by atoms with Gasteiger partial charge in [0.1, 0.15) is 5.82 Å². The fraction of sp³-hybridized carbons (Fsp3) is 0.333. The van der Waals surface area contributed by atoms with Gasteiger partial charge in [0.05, 0.1) is 10.5 Å². The normalized spacial score (nSPS) is 12.2. The first-order chi connectivity index (χ1) is 6.65. The van der Waals surface area contributed by atoms with Gasteiger partial charge >= 0.3 is 0 Å². The lowest BCUT2D eigenvalue weighted by molar-refractivity contribution is -0.117. The summed E-state index contributed by atoms with van der Waals surface area (Å²) in [5.74, 6) is 0.437. The summed E-state index contributed by atoms with van der Waals surface area (Å²) >= 11 is 3.30. The average Bonchev–Trinajstić information content (AvgIpc) is 2.20. The van der Waals surface area contributed by atoms with Gasteiger partial charge in [-0.2, -0.15) is 0 Å². The molecule has 0 saturated carbocycles. The van der Waals surface area contributed by atoms with Crippen LogP contribution in [0.4, 0.5) is 5.82 Å².